The second-order valence-corrected chi connectivity index (χ2v) is 14.1. The van der Waals surface area contributed by atoms with Crippen LogP contribution in [-0.4, -0.2) is 97.8 Å². The van der Waals surface area contributed by atoms with Crippen LogP contribution in [0.5, 0.6) is 0 Å². The third-order valence-corrected chi connectivity index (χ3v) is 8.51. The quantitative estimate of drug-likeness (QED) is 0.0322. The van der Waals surface area contributed by atoms with E-state index in [1.807, 2.05) is 37.4 Å². The molecule has 1 aromatic carbocycles. The van der Waals surface area contributed by atoms with E-state index < -0.39 is 74.2 Å². The van der Waals surface area contributed by atoms with E-state index in [-0.39, 0.29) is 31.6 Å². The number of aliphatic hydroxyl groups is 1. The van der Waals surface area contributed by atoms with E-state index in [2.05, 4.69) is 53.0 Å². The van der Waals surface area contributed by atoms with Crippen molar-refractivity contribution in [1.82, 2.24) is 31.2 Å². The molecule has 0 unspecified atom stereocenters. The molecule has 0 radical (unpaired) electrons. The number of hydrogen-bond acceptors (Lipinski definition) is 11. The number of benzene rings is 1. The number of hydrogen-bond donors (Lipinski definition) is 11. The van der Waals surface area contributed by atoms with Crippen molar-refractivity contribution in [3.63, 3.8) is 0 Å². The van der Waals surface area contributed by atoms with Gasteiger partial charge in [-0.1, -0.05) is 44.2 Å². The van der Waals surface area contributed by atoms with Crippen molar-refractivity contribution in [2.75, 3.05) is 13.2 Å². The van der Waals surface area contributed by atoms with Gasteiger partial charge in [0.15, 0.2) is 0 Å². The smallest absolute Gasteiger partial charge is 0.394 e. The fraction of sp³-hybridized carbons (Fsp3) is 0.515. The van der Waals surface area contributed by atoms with Crippen LogP contribution >= 0.6 is 7.82 Å². The summed E-state index contributed by atoms with van der Waals surface area (Å²) in [5.74, 6) is -4.57. The van der Waals surface area contributed by atoms with Gasteiger partial charge in [-0.05, 0) is 31.2 Å². The zero-order chi connectivity index (χ0) is 40.3. The van der Waals surface area contributed by atoms with Crippen LogP contribution in [0.2, 0.25) is 0 Å². The lowest BCUT2D eigenvalue weighted by molar-refractivity contribution is -0.589. The molecule has 1 heterocycles. The maximum Gasteiger partial charge on any atom is 0.469 e. The molecule has 0 bridgehead atoms. The molecule has 0 aliphatic rings. The molecule has 0 spiro atoms. The van der Waals surface area contributed by atoms with Crippen LogP contribution in [0, 0.1) is 11.4 Å². The number of amides is 5. The van der Waals surface area contributed by atoms with Gasteiger partial charge in [0.2, 0.25) is 29.5 Å². The Kier molecular flexibility index (Phi) is 19.3. The normalized spacial score (nSPS) is 14.6. The van der Waals surface area contributed by atoms with Crippen molar-refractivity contribution in [3.8, 4) is 0 Å². The first kappa shape index (κ1) is 45.3. The SMILES string of the molecule is CC(C)C[C@H](NC(=O)CC/C(=C/[NH2+]CCCc1ccccc1)N=N)C(=O)N[C@@H](Cc1cnc[nH]1)C(=O)N[C@@H](CO)C(=O)N[C@H](C(N)=O)[C@@H](C)OP(=O)(O)O. The Bertz CT molecular complexity index is 1600. The van der Waals surface area contributed by atoms with Crippen LogP contribution in [0.4, 0.5) is 0 Å². The minimum atomic E-state index is -5.09. The lowest BCUT2D eigenvalue weighted by Gasteiger charge is -2.27. The molecular formula is C33H52N10O10P+. The van der Waals surface area contributed by atoms with E-state index in [4.69, 9.17) is 21.1 Å². The second kappa shape index (κ2) is 23.0. The van der Waals surface area contributed by atoms with Crippen molar-refractivity contribution >= 4 is 37.4 Å². The summed E-state index contributed by atoms with van der Waals surface area (Å²) in [5.41, 5.74) is 14.8. The molecule has 0 aliphatic heterocycles. The molecule has 1 aromatic heterocycles. The molecule has 0 aliphatic carbocycles. The molecule has 5 atom stereocenters. The van der Waals surface area contributed by atoms with Crippen LogP contribution < -0.4 is 32.3 Å². The number of nitrogens with one attached hydrogen (secondary N) is 6. The van der Waals surface area contributed by atoms with E-state index in [9.17, 15) is 33.6 Å². The number of aromatic amines is 1. The summed E-state index contributed by atoms with van der Waals surface area (Å²) in [6.07, 6.45) is 4.78. The van der Waals surface area contributed by atoms with Gasteiger partial charge in [-0.15, -0.1) is 0 Å². The Morgan fingerprint density at radius 3 is 2.22 bits per heavy atom. The van der Waals surface area contributed by atoms with Crippen molar-refractivity contribution < 1.29 is 53.3 Å². The Morgan fingerprint density at radius 2 is 1.65 bits per heavy atom. The summed E-state index contributed by atoms with van der Waals surface area (Å²) in [7, 11) is -5.09. The summed E-state index contributed by atoms with van der Waals surface area (Å²) in [6.45, 7) is 4.52. The predicted molar refractivity (Wildman–Crippen MR) is 192 cm³/mol. The van der Waals surface area contributed by atoms with Crippen LogP contribution in [-0.2, 0) is 45.9 Å². The van der Waals surface area contributed by atoms with Crippen molar-refractivity contribution in [2.24, 2.45) is 16.8 Å². The first-order chi connectivity index (χ1) is 25.5. The molecule has 0 fully saturated rings. The average molecular weight is 780 g/mol. The molecule has 20 nitrogen and oxygen atoms in total. The zero-order valence-electron chi connectivity index (χ0n) is 30.4. The molecule has 54 heavy (non-hydrogen) atoms. The number of quaternary nitrogens is 1. The number of carbonyl (C=O) groups is 5. The van der Waals surface area contributed by atoms with E-state index >= 15 is 0 Å². The van der Waals surface area contributed by atoms with Crippen molar-refractivity contribution in [2.45, 2.75) is 89.6 Å². The van der Waals surface area contributed by atoms with Gasteiger partial charge in [-0.3, -0.25) is 28.5 Å². The monoisotopic (exact) mass is 779 g/mol. The van der Waals surface area contributed by atoms with Gasteiger partial charge in [0.1, 0.15) is 36.1 Å². The number of primary amides is 1. The minimum Gasteiger partial charge on any atom is -0.394 e. The topological polar surface area (TPSA) is 328 Å². The number of rotatable bonds is 25. The molecule has 0 saturated carbocycles. The molecule has 2 rings (SSSR count). The molecule has 21 heteroatoms. The third-order valence-electron chi connectivity index (χ3n) is 7.90. The van der Waals surface area contributed by atoms with Gasteiger partial charge in [0.25, 0.3) is 0 Å². The van der Waals surface area contributed by atoms with Crippen molar-refractivity contribution in [1.29, 1.82) is 5.53 Å². The summed E-state index contributed by atoms with van der Waals surface area (Å²) >= 11 is 0. The Hall–Kier alpha value is -4.85. The highest BCUT2D eigenvalue weighted by Crippen LogP contribution is 2.38. The molecule has 13 N–H and O–H groups in total. The lowest BCUT2D eigenvalue weighted by Crippen LogP contribution is -2.78. The van der Waals surface area contributed by atoms with Gasteiger partial charge in [0, 0.05) is 37.6 Å². The number of aromatic nitrogens is 2. The van der Waals surface area contributed by atoms with Crippen molar-refractivity contribution in [3.05, 3.63) is 66.0 Å². The van der Waals surface area contributed by atoms with E-state index in [1.54, 1.807) is 6.20 Å². The Labute approximate surface area is 312 Å². The average Bonchev–Trinajstić information content (AvgIpc) is 3.62. The number of H-pyrrole nitrogens is 1. The first-order valence-corrected chi connectivity index (χ1v) is 18.8. The number of phosphoric acid groups is 1. The zero-order valence-corrected chi connectivity index (χ0v) is 31.3. The standard InChI is InChI=1S/C33H51N10O10P/c1-20(2)14-25(39-28(45)12-11-23(43-35)16-36-13-7-10-22-8-5-4-6-9-22)31(47)40-26(15-24-17-37-19-38-24)32(48)41-27(18-44)33(49)42-29(30(34)46)21(3)53-54(50,51)52/h4-6,8-9,16-17,19-21,25-27,29,35-36,44H,7,10-15,18H2,1-3H3,(H2,34,46)(H,37,38)(H,39,45)(H,40,47)(H,41,48)(H,42,49)(H2,50,51,52)/p+1/b23-16-,43-35?/t21-,25+,26+,27+,29+/m1/s1. The maximum absolute atomic E-state index is 13.6. The molecule has 298 valence electrons. The lowest BCUT2D eigenvalue weighted by atomic mass is 10.0. The number of nitrogens with zero attached hydrogens (tertiary/aromatic N) is 2. The summed E-state index contributed by atoms with van der Waals surface area (Å²) < 4.78 is 15.7. The number of allylic oxidation sites excluding steroid dienone is 1. The fourth-order valence-corrected chi connectivity index (χ4v) is 5.75. The van der Waals surface area contributed by atoms with Gasteiger partial charge in [-0.25, -0.2) is 15.1 Å². The van der Waals surface area contributed by atoms with Crippen LogP contribution in [0.3, 0.4) is 0 Å². The Balaban J connectivity index is 2.09. The fourth-order valence-electron chi connectivity index (χ4n) is 5.19. The van der Waals surface area contributed by atoms with Gasteiger partial charge in [0.05, 0.1) is 25.6 Å². The van der Waals surface area contributed by atoms with E-state index in [0.717, 1.165) is 26.3 Å². The van der Waals surface area contributed by atoms with Crippen LogP contribution in [0.1, 0.15) is 57.7 Å². The van der Waals surface area contributed by atoms with Crippen LogP contribution in [0.25, 0.3) is 0 Å². The van der Waals surface area contributed by atoms with E-state index in [0.29, 0.717) is 11.4 Å². The number of phosphoric ester groups is 1. The summed E-state index contributed by atoms with van der Waals surface area (Å²) in [4.78, 5) is 89.9. The van der Waals surface area contributed by atoms with Gasteiger partial charge >= 0.3 is 7.82 Å². The van der Waals surface area contributed by atoms with Gasteiger partial charge in [-0.2, -0.15) is 5.11 Å². The highest BCUT2D eigenvalue weighted by atomic mass is 31.2. The van der Waals surface area contributed by atoms with Gasteiger partial charge < -0.3 is 52.2 Å². The predicted octanol–water partition coefficient (Wildman–Crippen LogP) is -1.24. The third kappa shape index (κ3) is 17.3. The summed E-state index contributed by atoms with van der Waals surface area (Å²) in [6, 6.07) is 4.11. The molecule has 2 aromatic rings. The largest absolute Gasteiger partial charge is 0.469 e. The molecular weight excluding hydrogens is 727 g/mol. The number of aliphatic hydroxyl groups excluding tert-OH is 1. The maximum atomic E-state index is 13.6. The first-order valence-electron chi connectivity index (χ1n) is 17.3. The minimum absolute atomic E-state index is 0.0661. The highest BCUT2D eigenvalue weighted by molar-refractivity contribution is 7.46. The summed E-state index contributed by atoms with van der Waals surface area (Å²) in [5, 5.41) is 25.0. The number of imidazole rings is 1. The second-order valence-electron chi connectivity index (χ2n) is 12.9. The molecule has 5 amide bonds. The highest BCUT2D eigenvalue weighted by Gasteiger charge is 2.35. The number of carbonyl (C=O) groups excluding carboxylic acids is 5. The number of aryl methyl sites for hydroxylation is 1. The molecule has 0 saturated heterocycles. The van der Waals surface area contributed by atoms with E-state index in [1.165, 1.54) is 18.1 Å². The van der Waals surface area contributed by atoms with Crippen LogP contribution in [0.15, 0.2) is 59.9 Å². The Morgan fingerprint density at radius 1 is 1.00 bits per heavy atom. The number of nitrogens with two attached hydrogens (primary N) is 2.